The van der Waals surface area contributed by atoms with Crippen molar-refractivity contribution in [2.24, 2.45) is 0 Å². The number of aromatic nitrogens is 4. The Balaban J connectivity index is 1.35. The zero-order valence-electron chi connectivity index (χ0n) is 32.6. The van der Waals surface area contributed by atoms with Crippen molar-refractivity contribution in [1.29, 1.82) is 5.26 Å². The summed E-state index contributed by atoms with van der Waals surface area (Å²) in [6.07, 6.45) is 0.840. The molecule has 5 aromatic rings. The molecule has 2 amide bonds. The predicted octanol–water partition coefficient (Wildman–Crippen LogP) is 8.07. The van der Waals surface area contributed by atoms with E-state index in [1.165, 1.54) is 38.1 Å². The number of nitriles is 1. The first-order valence-electron chi connectivity index (χ1n) is 18.0. The molecule has 0 aliphatic rings. The van der Waals surface area contributed by atoms with Gasteiger partial charge in [0.1, 0.15) is 29.4 Å². The lowest BCUT2D eigenvalue weighted by Gasteiger charge is -2.32. The van der Waals surface area contributed by atoms with E-state index in [4.69, 9.17) is 19.7 Å². The van der Waals surface area contributed by atoms with Gasteiger partial charge >= 0.3 is 12.2 Å². The van der Waals surface area contributed by atoms with Gasteiger partial charge in [0.25, 0.3) is 6.33 Å². The quantitative estimate of drug-likeness (QED) is 0.125. The zero-order valence-corrected chi connectivity index (χ0v) is 33.4. The minimum absolute atomic E-state index is 0.183. The topological polar surface area (TPSA) is 138 Å². The molecule has 5 rings (SSSR count). The van der Waals surface area contributed by atoms with Crippen molar-refractivity contribution < 1.29 is 37.5 Å². The number of hydrogen-bond donors (Lipinski definition) is 1. The van der Waals surface area contributed by atoms with Crippen molar-refractivity contribution in [3.05, 3.63) is 118 Å². The van der Waals surface area contributed by atoms with E-state index in [-0.39, 0.29) is 24.7 Å². The molecule has 1 N–H and O–H groups in total. The molecule has 3 atom stereocenters. The summed E-state index contributed by atoms with van der Waals surface area (Å²) < 4.78 is 44.3. The fraction of sp³-hybridized carbons (Fsp3) is 0.366. The number of ether oxygens (including phenoxy) is 2. The van der Waals surface area contributed by atoms with Crippen LogP contribution in [0.5, 0.6) is 0 Å². The number of nitrogens with zero attached hydrogens (tertiary/aromatic N) is 7. The van der Waals surface area contributed by atoms with Gasteiger partial charge in [0, 0.05) is 47.5 Å². The first kappa shape index (κ1) is 41.4. The van der Waals surface area contributed by atoms with E-state index in [9.17, 15) is 19.1 Å². The Morgan fingerprint density at radius 3 is 2.39 bits per heavy atom. The number of benzene rings is 3. The summed E-state index contributed by atoms with van der Waals surface area (Å²) in [5.74, 6) is -2.38. The number of aliphatic hydroxyl groups is 1. The number of carbonyl (C=O) groups excluding carboxylic acids is 2. The Morgan fingerprint density at radius 1 is 1.04 bits per heavy atom. The number of amides is 2. The number of halogens is 2. The maximum absolute atomic E-state index is 15.4. The molecule has 1 unspecified atom stereocenters. The lowest BCUT2D eigenvalue weighted by molar-refractivity contribution is -0.753. The van der Waals surface area contributed by atoms with Gasteiger partial charge in [0.05, 0.1) is 34.6 Å². The maximum Gasteiger partial charge on any atom is 0.416 e. The van der Waals surface area contributed by atoms with Crippen LogP contribution in [-0.4, -0.2) is 55.6 Å². The number of hydrogen-bond acceptors (Lipinski definition) is 9. The molecule has 0 radical (unpaired) electrons. The van der Waals surface area contributed by atoms with Gasteiger partial charge in [-0.3, -0.25) is 4.90 Å². The van der Waals surface area contributed by atoms with Gasteiger partial charge < -0.3 is 19.5 Å². The summed E-state index contributed by atoms with van der Waals surface area (Å²) >= 11 is 1.26. The van der Waals surface area contributed by atoms with Crippen LogP contribution in [0, 0.1) is 23.0 Å². The number of rotatable bonds is 12. The molecule has 0 saturated heterocycles. The summed E-state index contributed by atoms with van der Waals surface area (Å²) in [5.41, 5.74) is 0.0801. The Morgan fingerprint density at radius 2 is 1.73 bits per heavy atom. The lowest BCUT2D eigenvalue weighted by atomic mass is 9.82. The van der Waals surface area contributed by atoms with E-state index in [1.54, 1.807) is 88.3 Å². The van der Waals surface area contributed by atoms with Crippen molar-refractivity contribution in [3.8, 4) is 17.3 Å². The SMILES string of the molecule is CC(C)N(Cc1ccccc1N(C)C(=O)OC(C)[n+]1cnn(C[C@](O)(c2cc(F)ccc2F)[C@@H](C)c2nc(-c3ccc(C#N)cc3)cs2)c1)C(=O)OC(C)(C)C. The summed E-state index contributed by atoms with van der Waals surface area (Å²) in [5, 5.41) is 28.1. The van der Waals surface area contributed by atoms with Gasteiger partial charge in [-0.1, -0.05) is 37.3 Å². The van der Waals surface area contributed by atoms with Crippen molar-refractivity contribution in [2.45, 2.75) is 90.9 Å². The van der Waals surface area contributed by atoms with E-state index in [0.29, 0.717) is 27.5 Å². The monoisotopic (exact) mass is 786 g/mol. The maximum atomic E-state index is 15.4. The molecule has 2 heterocycles. The van der Waals surface area contributed by atoms with Crippen LogP contribution in [0.2, 0.25) is 0 Å². The van der Waals surface area contributed by atoms with Gasteiger partial charge in [0.15, 0.2) is 0 Å². The van der Waals surface area contributed by atoms with Gasteiger partial charge in [-0.25, -0.2) is 23.4 Å². The third kappa shape index (κ3) is 9.55. The molecule has 0 spiro atoms. The van der Waals surface area contributed by atoms with Crippen LogP contribution >= 0.6 is 11.3 Å². The predicted molar refractivity (Wildman–Crippen MR) is 206 cm³/mol. The molecule has 3 aromatic carbocycles. The van der Waals surface area contributed by atoms with Crippen LogP contribution < -0.4 is 9.47 Å². The molecule has 2 aromatic heterocycles. The second kappa shape index (κ2) is 17.0. The zero-order chi connectivity index (χ0) is 40.9. The van der Waals surface area contributed by atoms with E-state index in [0.717, 1.165) is 23.8 Å². The summed E-state index contributed by atoms with van der Waals surface area (Å²) in [7, 11) is 1.57. The smallest absolute Gasteiger partial charge is 0.416 e. The van der Waals surface area contributed by atoms with Crippen LogP contribution in [0.3, 0.4) is 0 Å². The van der Waals surface area contributed by atoms with Crippen molar-refractivity contribution >= 4 is 29.2 Å². The molecular weight excluding hydrogens is 741 g/mol. The van der Waals surface area contributed by atoms with Crippen molar-refractivity contribution in [1.82, 2.24) is 19.7 Å². The first-order valence-corrected chi connectivity index (χ1v) is 18.9. The standard InChI is InChI=1S/C41H46F2N7O5S/c1-26(2)50(39(52)55-40(5,6)7)21-31-11-9-10-12-36(31)47(8)38(51)54-28(4)48-24-45-49(25-48)23-41(53,33-19-32(42)17-18-34(33)43)27(3)37-46-35(22-56-37)30-15-13-29(20-44)14-16-30/h9-19,22,24-28,53H,21,23H2,1-8H3/q+1/t27-,28?,41+/m0/s1. The molecule has 0 fully saturated rings. The molecule has 12 nitrogen and oxygen atoms in total. The third-order valence-electron chi connectivity index (χ3n) is 9.23. The molecule has 294 valence electrons. The largest absolute Gasteiger partial charge is 0.444 e. The summed E-state index contributed by atoms with van der Waals surface area (Å²) in [6.45, 7) is 12.3. The number of carbonyl (C=O) groups is 2. The lowest BCUT2D eigenvalue weighted by Crippen LogP contribution is -2.42. The second-order valence-electron chi connectivity index (χ2n) is 14.8. The molecule has 15 heteroatoms. The molecule has 0 aliphatic carbocycles. The van der Waals surface area contributed by atoms with Crippen LogP contribution in [0.4, 0.5) is 24.1 Å². The number of anilines is 1. The van der Waals surface area contributed by atoms with Crippen LogP contribution in [0.15, 0.2) is 84.8 Å². The summed E-state index contributed by atoms with van der Waals surface area (Å²) in [4.78, 5) is 34.2. The number of para-hydroxylation sites is 1. The van der Waals surface area contributed by atoms with Crippen LogP contribution in [-0.2, 0) is 28.2 Å². The highest BCUT2D eigenvalue weighted by atomic mass is 32.1. The van der Waals surface area contributed by atoms with Crippen LogP contribution in [0.25, 0.3) is 11.3 Å². The molecule has 0 saturated carbocycles. The normalized spacial score (nSPS) is 13.7. The van der Waals surface area contributed by atoms with Gasteiger partial charge in [-0.2, -0.15) is 9.83 Å². The van der Waals surface area contributed by atoms with E-state index >= 15 is 4.39 Å². The van der Waals surface area contributed by atoms with Crippen molar-refractivity contribution in [2.75, 3.05) is 11.9 Å². The minimum Gasteiger partial charge on any atom is -0.444 e. The van der Waals surface area contributed by atoms with E-state index < -0.39 is 47.2 Å². The Hall–Kier alpha value is -5.72. The van der Waals surface area contributed by atoms with Crippen molar-refractivity contribution in [3.63, 3.8) is 0 Å². The Labute approximate surface area is 329 Å². The van der Waals surface area contributed by atoms with Gasteiger partial charge in [0.2, 0.25) is 12.6 Å². The second-order valence-corrected chi connectivity index (χ2v) is 15.7. The average molecular weight is 787 g/mol. The summed E-state index contributed by atoms with van der Waals surface area (Å²) in [6, 6.07) is 18.8. The molecule has 56 heavy (non-hydrogen) atoms. The fourth-order valence-corrected chi connectivity index (χ4v) is 6.97. The third-order valence-corrected chi connectivity index (χ3v) is 10.3. The highest BCUT2D eigenvalue weighted by Crippen LogP contribution is 2.41. The van der Waals surface area contributed by atoms with Crippen LogP contribution in [0.1, 0.15) is 82.3 Å². The molecule has 0 bridgehead atoms. The average Bonchev–Trinajstić information content (AvgIpc) is 3.84. The van der Waals surface area contributed by atoms with E-state index in [1.807, 2.05) is 26.0 Å². The number of thiazole rings is 1. The highest BCUT2D eigenvalue weighted by Gasteiger charge is 2.43. The molecular formula is C41H46F2N7O5S+. The Bertz CT molecular complexity index is 2210. The minimum atomic E-state index is -2.04. The first-order chi connectivity index (χ1) is 26.4. The van der Waals surface area contributed by atoms with Gasteiger partial charge in [-0.15, -0.1) is 16.0 Å². The fourth-order valence-electron chi connectivity index (χ4n) is 6.00. The Kier molecular flexibility index (Phi) is 12.6. The van der Waals surface area contributed by atoms with E-state index in [2.05, 4.69) is 11.2 Å². The highest BCUT2D eigenvalue weighted by molar-refractivity contribution is 7.10. The van der Waals surface area contributed by atoms with Gasteiger partial charge in [-0.05, 0) is 76.6 Å². The molecule has 0 aliphatic heterocycles.